The van der Waals surface area contributed by atoms with E-state index in [0.717, 1.165) is 31.7 Å². The lowest BCUT2D eigenvalue weighted by molar-refractivity contribution is -0.145. The van der Waals surface area contributed by atoms with E-state index in [1.54, 1.807) is 6.92 Å². The number of likely N-dealkylation sites (tertiary alicyclic amines) is 1. The maximum atomic E-state index is 12.5. The van der Waals surface area contributed by atoms with Crippen LogP contribution < -0.4 is 5.56 Å². The fraction of sp³-hybridized carbons (Fsp3) is 0.722. The zero-order valence-electron chi connectivity index (χ0n) is 15.2. The van der Waals surface area contributed by atoms with Gasteiger partial charge in [-0.3, -0.25) is 4.79 Å². The van der Waals surface area contributed by atoms with Gasteiger partial charge >= 0.3 is 5.97 Å². The Bertz CT molecular complexity index is 618. The molecule has 2 rings (SSSR count). The summed E-state index contributed by atoms with van der Waals surface area (Å²) < 4.78 is 6.23. The number of ether oxygens (including phenoxy) is 1. The molecular weight excluding hydrogens is 306 g/mol. The van der Waals surface area contributed by atoms with Crippen molar-refractivity contribution >= 4 is 5.97 Å². The summed E-state index contributed by atoms with van der Waals surface area (Å²) in [6.45, 7) is 9.03. The van der Waals surface area contributed by atoms with Crippen molar-refractivity contribution in [3.05, 3.63) is 27.7 Å². The van der Waals surface area contributed by atoms with Crippen molar-refractivity contribution in [2.24, 2.45) is 5.92 Å². The van der Waals surface area contributed by atoms with Crippen LogP contribution in [0.25, 0.3) is 0 Å². The van der Waals surface area contributed by atoms with Crippen LogP contribution in [0.3, 0.4) is 0 Å². The van der Waals surface area contributed by atoms with Gasteiger partial charge in [-0.25, -0.2) is 9.48 Å². The number of aryl methyl sites for hydroxylation is 1. The van der Waals surface area contributed by atoms with E-state index < -0.39 is 12.0 Å². The standard InChI is InChI=1S/C18H29N3O3/c1-13(2)11-16(18(23)24-4)21-17(22)14(3)12-15(19-21)7-10-20-8-5-6-9-20/h12-13,16H,5-11H2,1-4H3. The highest BCUT2D eigenvalue weighted by molar-refractivity contribution is 5.73. The van der Waals surface area contributed by atoms with Crippen LogP contribution in [0.2, 0.25) is 0 Å². The molecule has 1 aliphatic heterocycles. The monoisotopic (exact) mass is 335 g/mol. The molecule has 6 heteroatoms. The number of hydrogen-bond donors (Lipinski definition) is 0. The topological polar surface area (TPSA) is 64.4 Å². The minimum absolute atomic E-state index is 0.212. The molecule has 0 N–H and O–H groups in total. The average molecular weight is 335 g/mol. The first-order valence-electron chi connectivity index (χ1n) is 8.82. The van der Waals surface area contributed by atoms with Gasteiger partial charge in [-0.2, -0.15) is 5.10 Å². The average Bonchev–Trinajstić information content (AvgIpc) is 3.06. The van der Waals surface area contributed by atoms with Gasteiger partial charge in [0.15, 0.2) is 6.04 Å². The largest absolute Gasteiger partial charge is 0.467 e. The molecule has 1 aliphatic rings. The number of rotatable bonds is 7. The van der Waals surface area contributed by atoms with Crippen LogP contribution in [0.5, 0.6) is 0 Å². The van der Waals surface area contributed by atoms with Gasteiger partial charge in [0.25, 0.3) is 5.56 Å². The van der Waals surface area contributed by atoms with Crippen LogP contribution in [0, 0.1) is 12.8 Å². The first-order valence-corrected chi connectivity index (χ1v) is 8.82. The predicted molar refractivity (Wildman–Crippen MR) is 93.1 cm³/mol. The Kier molecular flexibility index (Phi) is 6.54. The molecule has 0 saturated carbocycles. The van der Waals surface area contributed by atoms with Gasteiger partial charge in [-0.1, -0.05) is 13.8 Å². The third-order valence-corrected chi connectivity index (χ3v) is 4.51. The Morgan fingerprint density at radius 1 is 1.33 bits per heavy atom. The quantitative estimate of drug-likeness (QED) is 0.713. The number of nitrogens with zero attached hydrogens (tertiary/aromatic N) is 3. The van der Waals surface area contributed by atoms with Crippen LogP contribution in [0.4, 0.5) is 0 Å². The molecule has 1 unspecified atom stereocenters. The first-order chi connectivity index (χ1) is 11.4. The molecule has 0 spiro atoms. The van der Waals surface area contributed by atoms with Crippen molar-refractivity contribution in [2.45, 2.75) is 52.5 Å². The summed E-state index contributed by atoms with van der Waals surface area (Å²) in [5.41, 5.74) is 1.27. The summed E-state index contributed by atoms with van der Waals surface area (Å²) in [7, 11) is 1.35. The van der Waals surface area contributed by atoms with Crippen LogP contribution >= 0.6 is 0 Å². The van der Waals surface area contributed by atoms with Crippen molar-refractivity contribution in [1.82, 2.24) is 14.7 Å². The van der Waals surface area contributed by atoms with E-state index in [-0.39, 0.29) is 11.5 Å². The van der Waals surface area contributed by atoms with Crippen LogP contribution in [-0.4, -0.2) is 47.4 Å². The molecule has 1 fully saturated rings. The number of esters is 1. The third-order valence-electron chi connectivity index (χ3n) is 4.51. The molecule has 24 heavy (non-hydrogen) atoms. The van der Waals surface area contributed by atoms with Crippen molar-refractivity contribution < 1.29 is 9.53 Å². The molecule has 6 nitrogen and oxygen atoms in total. The zero-order chi connectivity index (χ0) is 17.7. The fourth-order valence-corrected chi connectivity index (χ4v) is 3.20. The Labute approximate surface area is 143 Å². The van der Waals surface area contributed by atoms with E-state index in [2.05, 4.69) is 10.00 Å². The number of carbonyl (C=O) groups excluding carboxylic acids is 1. The van der Waals surface area contributed by atoms with Gasteiger partial charge in [0.05, 0.1) is 12.8 Å². The highest BCUT2D eigenvalue weighted by Crippen LogP contribution is 2.17. The smallest absolute Gasteiger partial charge is 0.330 e. The Hall–Kier alpha value is -1.69. The lowest BCUT2D eigenvalue weighted by atomic mass is 10.0. The predicted octanol–water partition coefficient (Wildman–Crippen LogP) is 1.95. The second kappa shape index (κ2) is 8.42. The minimum atomic E-state index is -0.659. The van der Waals surface area contributed by atoms with Crippen molar-refractivity contribution in [2.75, 3.05) is 26.7 Å². The van der Waals surface area contributed by atoms with Crippen LogP contribution in [0.15, 0.2) is 10.9 Å². The molecule has 2 heterocycles. The molecule has 0 aliphatic carbocycles. The van der Waals surface area contributed by atoms with Gasteiger partial charge < -0.3 is 9.64 Å². The summed E-state index contributed by atoms with van der Waals surface area (Å²) in [5.74, 6) is -0.147. The van der Waals surface area contributed by atoms with Crippen LogP contribution in [0.1, 0.15) is 50.4 Å². The van der Waals surface area contributed by atoms with E-state index >= 15 is 0 Å². The Balaban J connectivity index is 2.25. The van der Waals surface area contributed by atoms with Gasteiger partial charge in [-0.05, 0) is 51.3 Å². The molecule has 0 radical (unpaired) electrons. The number of carbonyl (C=O) groups is 1. The Morgan fingerprint density at radius 2 is 2.00 bits per heavy atom. The number of aromatic nitrogens is 2. The maximum Gasteiger partial charge on any atom is 0.330 e. The molecule has 1 aromatic heterocycles. The lowest BCUT2D eigenvalue weighted by Gasteiger charge is -2.20. The molecule has 1 atom stereocenters. The van der Waals surface area contributed by atoms with E-state index in [4.69, 9.17) is 4.74 Å². The molecular formula is C18H29N3O3. The molecule has 1 saturated heterocycles. The van der Waals surface area contributed by atoms with E-state index in [9.17, 15) is 9.59 Å². The second-order valence-electron chi connectivity index (χ2n) is 7.04. The van der Waals surface area contributed by atoms with Crippen molar-refractivity contribution in [3.63, 3.8) is 0 Å². The van der Waals surface area contributed by atoms with Crippen molar-refractivity contribution in [1.29, 1.82) is 0 Å². The van der Waals surface area contributed by atoms with Gasteiger partial charge in [-0.15, -0.1) is 0 Å². The molecule has 1 aromatic rings. The van der Waals surface area contributed by atoms with Gasteiger partial charge in [0, 0.05) is 18.5 Å². The second-order valence-corrected chi connectivity index (χ2v) is 7.04. The summed E-state index contributed by atoms with van der Waals surface area (Å²) >= 11 is 0. The van der Waals surface area contributed by atoms with E-state index in [0.29, 0.717) is 12.0 Å². The third kappa shape index (κ3) is 4.66. The summed E-state index contributed by atoms with van der Waals surface area (Å²) in [6.07, 6.45) is 3.83. The molecule has 0 amide bonds. The number of methoxy groups -OCH3 is 1. The highest BCUT2D eigenvalue weighted by Gasteiger charge is 2.25. The summed E-state index contributed by atoms with van der Waals surface area (Å²) in [6, 6.07) is 1.19. The maximum absolute atomic E-state index is 12.5. The van der Waals surface area contributed by atoms with E-state index in [1.165, 1.54) is 24.6 Å². The summed E-state index contributed by atoms with van der Waals surface area (Å²) in [5, 5.41) is 4.49. The highest BCUT2D eigenvalue weighted by atomic mass is 16.5. The molecule has 0 aromatic carbocycles. The van der Waals surface area contributed by atoms with Crippen LogP contribution in [-0.2, 0) is 16.0 Å². The number of hydrogen-bond acceptors (Lipinski definition) is 5. The van der Waals surface area contributed by atoms with Crippen molar-refractivity contribution in [3.8, 4) is 0 Å². The molecule has 0 bridgehead atoms. The SMILES string of the molecule is COC(=O)C(CC(C)C)n1nc(CCN2CCCC2)cc(C)c1=O. The van der Waals surface area contributed by atoms with Gasteiger partial charge in [0.1, 0.15) is 0 Å². The lowest BCUT2D eigenvalue weighted by Crippen LogP contribution is -2.35. The first kappa shape index (κ1) is 18.6. The summed E-state index contributed by atoms with van der Waals surface area (Å²) in [4.78, 5) is 27.1. The zero-order valence-corrected chi connectivity index (χ0v) is 15.2. The Morgan fingerprint density at radius 3 is 2.58 bits per heavy atom. The van der Waals surface area contributed by atoms with Gasteiger partial charge in [0.2, 0.25) is 0 Å². The molecule has 134 valence electrons. The van der Waals surface area contributed by atoms with E-state index in [1.807, 2.05) is 19.9 Å². The normalized spacial score (nSPS) is 16.5. The minimum Gasteiger partial charge on any atom is -0.467 e. The fourth-order valence-electron chi connectivity index (χ4n) is 3.20.